The van der Waals surface area contributed by atoms with Gasteiger partial charge in [0.05, 0.1) is 0 Å². The molecule has 1 atom stereocenters. The van der Waals surface area contributed by atoms with E-state index in [4.69, 9.17) is 0 Å². The molecule has 2 rings (SSSR count). The molecule has 6 heteroatoms. The Balaban J connectivity index is 2.00. The van der Waals surface area contributed by atoms with Crippen LogP contribution in [0.15, 0.2) is 54.6 Å². The average molecular weight is 309 g/mol. The van der Waals surface area contributed by atoms with E-state index in [0.29, 0.717) is 18.5 Å². The molecule has 0 bridgehead atoms. The van der Waals surface area contributed by atoms with Crippen molar-refractivity contribution in [2.45, 2.75) is 12.2 Å². The minimum absolute atomic E-state index is 0.302. The monoisotopic (exact) mass is 309 g/mol. The fourth-order valence-electron chi connectivity index (χ4n) is 2.07. The van der Waals surface area contributed by atoms with Crippen molar-refractivity contribution in [2.75, 3.05) is 6.54 Å². The molecule has 0 aromatic heterocycles. The van der Waals surface area contributed by atoms with Gasteiger partial charge in [0.2, 0.25) is 0 Å². The summed E-state index contributed by atoms with van der Waals surface area (Å²) >= 11 is 0. The molecule has 0 heterocycles. The van der Waals surface area contributed by atoms with Crippen molar-refractivity contribution < 1.29 is 18.7 Å². The number of hydrogen-bond donors (Lipinski definition) is 3. The molecule has 0 fully saturated rings. The highest BCUT2D eigenvalue weighted by molar-refractivity contribution is 7.52. The van der Waals surface area contributed by atoms with Crippen molar-refractivity contribution in [3.05, 3.63) is 71.5 Å². The van der Waals surface area contributed by atoms with E-state index in [1.807, 2.05) is 0 Å². The van der Waals surface area contributed by atoms with Crippen LogP contribution >= 0.6 is 7.60 Å². The summed E-state index contributed by atoms with van der Waals surface area (Å²) in [5.74, 6) is -1.33. The van der Waals surface area contributed by atoms with Gasteiger partial charge in [0, 0.05) is 6.54 Å². The Labute approximate surface area is 122 Å². The van der Waals surface area contributed by atoms with E-state index >= 15 is 0 Å². The molecule has 0 saturated heterocycles. The molecule has 0 aliphatic heterocycles. The first-order chi connectivity index (χ1) is 9.97. The molecule has 3 N–H and O–H groups in total. The zero-order valence-electron chi connectivity index (χ0n) is 11.3. The first-order valence-corrected chi connectivity index (χ1v) is 8.23. The third-order valence-electron chi connectivity index (χ3n) is 3.12. The molecular formula is C15H17FNO3P. The second kappa shape index (κ2) is 6.96. The highest BCUT2D eigenvalue weighted by atomic mass is 31.2. The van der Waals surface area contributed by atoms with Gasteiger partial charge in [-0.1, -0.05) is 42.5 Å². The van der Waals surface area contributed by atoms with E-state index in [1.165, 1.54) is 12.1 Å². The lowest BCUT2D eigenvalue weighted by atomic mass is 10.1. The molecule has 0 aliphatic carbocycles. The Morgan fingerprint density at radius 3 is 2.24 bits per heavy atom. The largest absolute Gasteiger partial charge is 0.346 e. The summed E-state index contributed by atoms with van der Waals surface area (Å²) in [4.78, 5) is 18.9. The van der Waals surface area contributed by atoms with Gasteiger partial charge < -0.3 is 9.79 Å². The first-order valence-electron chi connectivity index (χ1n) is 6.55. The molecule has 0 spiro atoms. The van der Waals surface area contributed by atoms with Gasteiger partial charge >= 0.3 is 7.60 Å². The summed E-state index contributed by atoms with van der Waals surface area (Å²) in [6.07, 6.45) is 0.559. The molecule has 0 saturated carbocycles. The van der Waals surface area contributed by atoms with Crippen LogP contribution in [0, 0.1) is 5.82 Å². The van der Waals surface area contributed by atoms with Crippen LogP contribution in [0.1, 0.15) is 16.9 Å². The number of nitrogens with one attached hydrogen (secondary N) is 1. The van der Waals surface area contributed by atoms with E-state index in [2.05, 4.69) is 5.32 Å². The molecular weight excluding hydrogens is 292 g/mol. The number of hydrogen-bond acceptors (Lipinski definition) is 2. The summed E-state index contributed by atoms with van der Waals surface area (Å²) in [7, 11) is -4.30. The van der Waals surface area contributed by atoms with Crippen LogP contribution in [0.4, 0.5) is 4.39 Å². The standard InChI is InChI=1S/C15H17FNO3P/c16-14-8-6-12(7-9-14)10-11-17-15(21(18,19)20)13-4-2-1-3-5-13/h1-9,15,17H,10-11H2,(H2,18,19,20)/t15-/m1/s1. The minimum Gasteiger partial charge on any atom is -0.323 e. The summed E-state index contributed by atoms with van der Waals surface area (Å²) in [6.45, 7) is 0.385. The fourth-order valence-corrected chi connectivity index (χ4v) is 3.00. The second-order valence-corrected chi connectivity index (χ2v) is 6.43. The lowest BCUT2D eigenvalue weighted by molar-refractivity contribution is 0.348. The van der Waals surface area contributed by atoms with Crippen molar-refractivity contribution in [1.82, 2.24) is 5.32 Å². The number of benzene rings is 2. The maximum Gasteiger partial charge on any atom is 0.346 e. The van der Waals surface area contributed by atoms with E-state index < -0.39 is 13.4 Å². The molecule has 0 radical (unpaired) electrons. The lowest BCUT2D eigenvalue weighted by Gasteiger charge is -2.20. The Morgan fingerprint density at radius 1 is 1.05 bits per heavy atom. The van der Waals surface area contributed by atoms with Crippen LogP contribution in [-0.4, -0.2) is 16.3 Å². The number of rotatable bonds is 6. The van der Waals surface area contributed by atoms with E-state index in [-0.39, 0.29) is 5.82 Å². The maximum atomic E-state index is 12.8. The molecule has 2 aromatic rings. The van der Waals surface area contributed by atoms with E-state index in [0.717, 1.165) is 5.56 Å². The van der Waals surface area contributed by atoms with Crippen LogP contribution < -0.4 is 5.32 Å². The summed E-state index contributed by atoms with van der Waals surface area (Å²) in [5, 5.41) is 2.88. The summed E-state index contributed by atoms with van der Waals surface area (Å²) in [5.41, 5.74) is 1.45. The zero-order chi connectivity index (χ0) is 15.3. The van der Waals surface area contributed by atoms with E-state index in [1.54, 1.807) is 42.5 Å². The normalized spacial score (nSPS) is 13.1. The van der Waals surface area contributed by atoms with Crippen molar-refractivity contribution in [1.29, 1.82) is 0 Å². The summed E-state index contributed by atoms with van der Waals surface area (Å²) < 4.78 is 24.4. The fraction of sp³-hybridized carbons (Fsp3) is 0.200. The summed E-state index contributed by atoms with van der Waals surface area (Å²) in [6, 6.07) is 14.7. The predicted octanol–water partition coefficient (Wildman–Crippen LogP) is 2.83. The molecule has 0 unspecified atom stereocenters. The van der Waals surface area contributed by atoms with Crippen molar-refractivity contribution >= 4 is 7.60 Å². The van der Waals surface area contributed by atoms with Crippen LogP contribution in [0.3, 0.4) is 0 Å². The third kappa shape index (κ3) is 4.76. The molecule has 4 nitrogen and oxygen atoms in total. The van der Waals surface area contributed by atoms with Gasteiger partial charge in [-0.15, -0.1) is 0 Å². The molecule has 112 valence electrons. The maximum absolute atomic E-state index is 12.8. The average Bonchev–Trinajstić information content (AvgIpc) is 2.45. The third-order valence-corrected chi connectivity index (χ3v) is 4.27. The Morgan fingerprint density at radius 2 is 1.67 bits per heavy atom. The molecule has 0 amide bonds. The smallest absolute Gasteiger partial charge is 0.323 e. The second-order valence-electron chi connectivity index (χ2n) is 4.73. The van der Waals surface area contributed by atoms with Crippen molar-refractivity contribution in [2.24, 2.45) is 0 Å². The van der Waals surface area contributed by atoms with Gasteiger partial charge in [-0.05, 0) is 29.7 Å². The van der Waals surface area contributed by atoms with Crippen LogP contribution in [0.5, 0.6) is 0 Å². The SMILES string of the molecule is O=P(O)(O)[C@@H](NCCc1ccc(F)cc1)c1ccccc1. The van der Waals surface area contributed by atoms with Gasteiger partial charge in [0.1, 0.15) is 11.6 Å². The number of halogens is 1. The van der Waals surface area contributed by atoms with Crippen molar-refractivity contribution in [3.8, 4) is 0 Å². The van der Waals surface area contributed by atoms with E-state index in [9.17, 15) is 18.7 Å². The van der Waals surface area contributed by atoms with Gasteiger partial charge in [-0.3, -0.25) is 9.88 Å². The van der Waals surface area contributed by atoms with Crippen LogP contribution in [0.2, 0.25) is 0 Å². The van der Waals surface area contributed by atoms with Gasteiger partial charge in [-0.25, -0.2) is 4.39 Å². The topological polar surface area (TPSA) is 69.6 Å². The van der Waals surface area contributed by atoms with Crippen LogP contribution in [-0.2, 0) is 11.0 Å². The highest BCUT2D eigenvalue weighted by Crippen LogP contribution is 2.49. The van der Waals surface area contributed by atoms with Crippen LogP contribution in [0.25, 0.3) is 0 Å². The Bertz CT molecular complexity index is 613. The predicted molar refractivity (Wildman–Crippen MR) is 79.3 cm³/mol. The molecule has 0 aliphatic rings. The lowest BCUT2D eigenvalue weighted by Crippen LogP contribution is -2.23. The molecule has 21 heavy (non-hydrogen) atoms. The highest BCUT2D eigenvalue weighted by Gasteiger charge is 2.29. The van der Waals surface area contributed by atoms with Gasteiger partial charge in [0.15, 0.2) is 0 Å². The Kier molecular flexibility index (Phi) is 5.26. The minimum atomic E-state index is -4.30. The van der Waals surface area contributed by atoms with Gasteiger partial charge in [-0.2, -0.15) is 0 Å². The quantitative estimate of drug-likeness (QED) is 0.718. The zero-order valence-corrected chi connectivity index (χ0v) is 12.2. The molecule has 2 aromatic carbocycles. The van der Waals surface area contributed by atoms with Gasteiger partial charge in [0.25, 0.3) is 0 Å². The first kappa shape index (κ1) is 15.9. The van der Waals surface area contributed by atoms with Crippen molar-refractivity contribution in [3.63, 3.8) is 0 Å². The Hall–Kier alpha value is -1.52.